The van der Waals surface area contributed by atoms with Gasteiger partial charge in [0.2, 0.25) is 5.91 Å². The number of likely N-dealkylation sites (tertiary alicyclic amines) is 1. The van der Waals surface area contributed by atoms with Crippen LogP contribution in [0.2, 0.25) is 0 Å². The SMILES string of the molecule is CC1(C)C[C@H]2C[C@@](C)(CN2C(=O)[C@]23CC[C@](C)(C(=O)C2)C3(C)C)C1. The third kappa shape index (κ3) is 1.74. The quantitative estimate of drug-likeness (QED) is 0.722. The summed E-state index contributed by atoms with van der Waals surface area (Å²) in [5.41, 5.74) is -0.401. The van der Waals surface area contributed by atoms with Crippen LogP contribution in [0.25, 0.3) is 0 Å². The lowest BCUT2D eigenvalue weighted by Gasteiger charge is -2.43. The largest absolute Gasteiger partial charge is 0.339 e. The van der Waals surface area contributed by atoms with Crippen molar-refractivity contribution >= 4 is 11.7 Å². The molecular formula is C21H33NO2. The van der Waals surface area contributed by atoms with E-state index in [9.17, 15) is 9.59 Å². The van der Waals surface area contributed by atoms with Crippen molar-refractivity contribution in [3.8, 4) is 0 Å². The maximum Gasteiger partial charge on any atom is 0.230 e. The highest BCUT2D eigenvalue weighted by molar-refractivity contribution is 5.99. The van der Waals surface area contributed by atoms with E-state index >= 15 is 0 Å². The van der Waals surface area contributed by atoms with Crippen LogP contribution in [0.3, 0.4) is 0 Å². The van der Waals surface area contributed by atoms with Crippen molar-refractivity contribution < 1.29 is 9.59 Å². The van der Waals surface area contributed by atoms with Gasteiger partial charge in [-0.3, -0.25) is 9.59 Å². The molecule has 24 heavy (non-hydrogen) atoms. The number of rotatable bonds is 1. The van der Waals surface area contributed by atoms with Gasteiger partial charge in [-0.15, -0.1) is 0 Å². The molecule has 0 unspecified atom stereocenters. The highest BCUT2D eigenvalue weighted by Crippen LogP contribution is 2.71. The Balaban J connectivity index is 1.70. The zero-order chi connectivity index (χ0) is 17.8. The Morgan fingerprint density at radius 2 is 1.71 bits per heavy atom. The zero-order valence-corrected chi connectivity index (χ0v) is 16.3. The molecule has 1 saturated heterocycles. The van der Waals surface area contributed by atoms with Crippen LogP contribution in [0.4, 0.5) is 0 Å². The Morgan fingerprint density at radius 3 is 2.25 bits per heavy atom. The minimum Gasteiger partial charge on any atom is -0.339 e. The molecule has 0 aromatic rings. The van der Waals surface area contributed by atoms with Crippen LogP contribution in [0.1, 0.15) is 80.1 Å². The minimum absolute atomic E-state index is 0.221. The average Bonchev–Trinajstić information content (AvgIpc) is 2.86. The molecule has 4 fully saturated rings. The summed E-state index contributed by atoms with van der Waals surface area (Å²) in [6, 6.07) is 0.374. The van der Waals surface area contributed by atoms with Gasteiger partial charge < -0.3 is 4.90 Å². The van der Waals surface area contributed by atoms with Crippen LogP contribution in [-0.2, 0) is 9.59 Å². The van der Waals surface area contributed by atoms with Crippen LogP contribution in [0, 0.1) is 27.1 Å². The fourth-order valence-electron chi connectivity index (χ4n) is 7.31. The molecule has 0 aromatic carbocycles. The van der Waals surface area contributed by atoms with Gasteiger partial charge in [0.05, 0.1) is 5.41 Å². The molecule has 0 N–H and O–H groups in total. The molecule has 134 valence electrons. The Bertz CT molecular complexity index is 636. The Labute approximate surface area is 146 Å². The summed E-state index contributed by atoms with van der Waals surface area (Å²) >= 11 is 0. The van der Waals surface area contributed by atoms with Crippen LogP contribution >= 0.6 is 0 Å². The van der Waals surface area contributed by atoms with Gasteiger partial charge in [-0.05, 0) is 48.3 Å². The van der Waals surface area contributed by atoms with E-state index in [0.717, 1.165) is 32.2 Å². The lowest BCUT2D eigenvalue weighted by atomic mass is 9.64. The smallest absolute Gasteiger partial charge is 0.230 e. The van der Waals surface area contributed by atoms with Gasteiger partial charge in [0.15, 0.2) is 0 Å². The number of nitrogens with zero attached hydrogens (tertiary/aromatic N) is 1. The first-order valence-corrected chi connectivity index (χ1v) is 9.70. The molecule has 0 aromatic heterocycles. The second-order valence-corrected chi connectivity index (χ2v) is 11.3. The zero-order valence-electron chi connectivity index (χ0n) is 16.3. The van der Waals surface area contributed by atoms with Gasteiger partial charge in [0.25, 0.3) is 0 Å². The number of carbonyl (C=O) groups excluding carboxylic acids is 2. The van der Waals surface area contributed by atoms with Crippen molar-refractivity contribution in [2.75, 3.05) is 6.54 Å². The van der Waals surface area contributed by atoms with Gasteiger partial charge in [-0.25, -0.2) is 0 Å². The Hall–Kier alpha value is -0.860. The first-order chi connectivity index (χ1) is 10.9. The molecule has 1 aliphatic heterocycles. The van der Waals surface area contributed by atoms with E-state index in [1.165, 1.54) is 6.42 Å². The third-order valence-electron chi connectivity index (χ3n) is 8.79. The van der Waals surface area contributed by atoms with Gasteiger partial charge in [-0.1, -0.05) is 41.5 Å². The summed E-state index contributed by atoms with van der Waals surface area (Å²) < 4.78 is 0. The van der Waals surface area contributed by atoms with Gasteiger partial charge >= 0.3 is 0 Å². The predicted octanol–water partition coefficient (Wildman–Crippen LogP) is 4.20. The molecule has 1 heterocycles. The highest BCUT2D eigenvalue weighted by Gasteiger charge is 2.73. The number of fused-ring (bicyclic) bond motifs is 4. The van der Waals surface area contributed by atoms with Crippen molar-refractivity contribution in [3.05, 3.63) is 0 Å². The molecule has 0 spiro atoms. The van der Waals surface area contributed by atoms with Gasteiger partial charge in [0.1, 0.15) is 5.78 Å². The van der Waals surface area contributed by atoms with Gasteiger partial charge in [0, 0.05) is 24.4 Å². The number of hydrogen-bond donors (Lipinski definition) is 0. The van der Waals surface area contributed by atoms with E-state index in [-0.39, 0.29) is 16.2 Å². The molecule has 3 saturated carbocycles. The van der Waals surface area contributed by atoms with Crippen molar-refractivity contribution in [3.63, 3.8) is 0 Å². The highest BCUT2D eigenvalue weighted by atomic mass is 16.2. The Kier molecular flexibility index (Phi) is 2.95. The van der Waals surface area contributed by atoms with Crippen LogP contribution in [0.15, 0.2) is 0 Å². The topological polar surface area (TPSA) is 37.4 Å². The fraction of sp³-hybridized carbons (Fsp3) is 0.905. The van der Waals surface area contributed by atoms with E-state index in [2.05, 4.69) is 46.4 Å². The molecule has 4 atom stereocenters. The van der Waals surface area contributed by atoms with E-state index in [1.54, 1.807) is 0 Å². The molecule has 4 aliphatic rings. The number of amides is 1. The summed E-state index contributed by atoms with van der Waals surface area (Å²) in [4.78, 5) is 28.7. The molecule has 4 bridgehead atoms. The van der Waals surface area contributed by atoms with Gasteiger partial charge in [-0.2, -0.15) is 0 Å². The van der Waals surface area contributed by atoms with Crippen molar-refractivity contribution in [1.29, 1.82) is 0 Å². The first kappa shape index (κ1) is 16.6. The second-order valence-electron chi connectivity index (χ2n) is 11.3. The summed E-state index contributed by atoms with van der Waals surface area (Å²) in [7, 11) is 0. The van der Waals surface area contributed by atoms with Crippen LogP contribution < -0.4 is 0 Å². The third-order valence-corrected chi connectivity index (χ3v) is 8.79. The lowest BCUT2D eigenvalue weighted by Crippen LogP contribution is -2.50. The van der Waals surface area contributed by atoms with E-state index in [4.69, 9.17) is 0 Å². The normalized spacial score (nSPS) is 48.2. The molecule has 1 amide bonds. The maximum atomic E-state index is 13.8. The Morgan fingerprint density at radius 1 is 1.04 bits per heavy atom. The molecule has 3 heteroatoms. The van der Waals surface area contributed by atoms with Crippen molar-refractivity contribution in [2.45, 2.75) is 86.1 Å². The summed E-state index contributed by atoms with van der Waals surface area (Å²) in [6.45, 7) is 14.4. The summed E-state index contributed by atoms with van der Waals surface area (Å²) in [6.07, 6.45) is 5.70. The minimum atomic E-state index is -0.448. The standard InChI is InChI=1S/C21H33NO2/c1-17(2)9-14-10-19(5,12-17)13-22(14)16(24)21-8-7-20(6,15(23)11-21)18(21,3)4/h14H,7-13H2,1-6H3/t14-,19+,20+,21-/m0/s1. The summed E-state index contributed by atoms with van der Waals surface area (Å²) in [5, 5.41) is 0. The van der Waals surface area contributed by atoms with Crippen molar-refractivity contribution in [2.24, 2.45) is 27.1 Å². The van der Waals surface area contributed by atoms with E-state index in [1.807, 2.05) is 0 Å². The number of Topliss-reactive ketones (excluding diaryl/α,β-unsaturated/α-hetero) is 1. The number of hydrogen-bond acceptors (Lipinski definition) is 2. The first-order valence-electron chi connectivity index (χ1n) is 9.70. The fourth-order valence-corrected chi connectivity index (χ4v) is 7.31. The summed E-state index contributed by atoms with van der Waals surface area (Å²) in [5.74, 6) is 0.620. The predicted molar refractivity (Wildman–Crippen MR) is 94.4 cm³/mol. The lowest BCUT2D eigenvalue weighted by molar-refractivity contribution is -0.149. The van der Waals surface area contributed by atoms with Crippen molar-refractivity contribution in [1.82, 2.24) is 4.90 Å². The molecule has 3 aliphatic carbocycles. The number of carbonyl (C=O) groups is 2. The molecular weight excluding hydrogens is 298 g/mol. The maximum absolute atomic E-state index is 13.8. The van der Waals surface area contributed by atoms with E-state index in [0.29, 0.717) is 29.6 Å². The monoisotopic (exact) mass is 331 g/mol. The number of ketones is 1. The molecule has 3 nitrogen and oxygen atoms in total. The van der Waals surface area contributed by atoms with Crippen LogP contribution in [-0.4, -0.2) is 29.2 Å². The van der Waals surface area contributed by atoms with E-state index < -0.39 is 5.41 Å². The average molecular weight is 332 g/mol. The molecule has 4 rings (SSSR count). The molecule has 0 radical (unpaired) electrons. The second kappa shape index (κ2) is 4.27. The van der Waals surface area contributed by atoms with Crippen LogP contribution in [0.5, 0.6) is 0 Å².